The molecule has 2 rings (SSSR count). The lowest BCUT2D eigenvalue weighted by Crippen LogP contribution is -3.17. The Hall–Kier alpha value is -0.580. The van der Waals surface area contributed by atoms with E-state index >= 15 is 0 Å². The topological polar surface area (TPSA) is 33.9 Å². The van der Waals surface area contributed by atoms with Crippen LogP contribution in [-0.4, -0.2) is 36.9 Å². The molecular formula is C15H23BrNO2+. The first-order valence-corrected chi connectivity index (χ1v) is 7.85. The summed E-state index contributed by atoms with van der Waals surface area (Å²) in [5, 5.41) is 10.1. The Balaban J connectivity index is 1.74. The van der Waals surface area contributed by atoms with Gasteiger partial charge in [-0.3, -0.25) is 0 Å². The van der Waals surface area contributed by atoms with Gasteiger partial charge in [0.2, 0.25) is 0 Å². The van der Waals surface area contributed by atoms with Crippen molar-refractivity contribution in [3.63, 3.8) is 0 Å². The predicted molar refractivity (Wildman–Crippen MR) is 79.7 cm³/mol. The normalized spacial score (nSPS) is 25.0. The first-order chi connectivity index (χ1) is 9.15. The molecule has 1 aliphatic rings. The molecule has 0 aromatic heterocycles. The van der Waals surface area contributed by atoms with Crippen molar-refractivity contribution < 1.29 is 14.7 Å². The number of benzene rings is 1. The Kier molecular flexibility index (Phi) is 5.67. The molecular weight excluding hydrogens is 306 g/mol. The molecule has 0 bridgehead atoms. The third-order valence-electron chi connectivity index (χ3n) is 3.84. The second-order valence-electron chi connectivity index (χ2n) is 5.43. The molecule has 2 N–H and O–H groups in total. The molecule has 1 saturated heterocycles. The SMILES string of the molecule is C[C@@H]1CCCC[NH+]1C[C@H](O)COc1ccc(Br)cc1. The van der Waals surface area contributed by atoms with E-state index in [2.05, 4.69) is 22.9 Å². The van der Waals surface area contributed by atoms with Gasteiger partial charge in [-0.2, -0.15) is 0 Å². The maximum atomic E-state index is 10.1. The molecule has 1 heterocycles. The molecule has 0 spiro atoms. The Morgan fingerprint density at radius 3 is 2.79 bits per heavy atom. The average Bonchev–Trinajstić information content (AvgIpc) is 2.41. The summed E-state index contributed by atoms with van der Waals surface area (Å²) >= 11 is 3.39. The first-order valence-electron chi connectivity index (χ1n) is 7.06. The van der Waals surface area contributed by atoms with E-state index < -0.39 is 0 Å². The van der Waals surface area contributed by atoms with Gasteiger partial charge in [0, 0.05) is 4.47 Å². The zero-order valence-electron chi connectivity index (χ0n) is 11.4. The van der Waals surface area contributed by atoms with E-state index in [4.69, 9.17) is 4.74 Å². The molecule has 1 unspecified atom stereocenters. The maximum absolute atomic E-state index is 10.1. The number of piperidine rings is 1. The van der Waals surface area contributed by atoms with E-state index in [0.29, 0.717) is 12.6 Å². The summed E-state index contributed by atoms with van der Waals surface area (Å²) in [4.78, 5) is 1.51. The fourth-order valence-corrected chi connectivity index (χ4v) is 2.91. The van der Waals surface area contributed by atoms with Crippen molar-refractivity contribution in [1.82, 2.24) is 0 Å². The minimum Gasteiger partial charge on any atom is -0.491 e. The largest absolute Gasteiger partial charge is 0.491 e. The Bertz CT molecular complexity index is 382. The van der Waals surface area contributed by atoms with E-state index in [9.17, 15) is 5.11 Å². The number of aliphatic hydroxyl groups excluding tert-OH is 1. The van der Waals surface area contributed by atoms with Gasteiger partial charge >= 0.3 is 0 Å². The van der Waals surface area contributed by atoms with Crippen molar-refractivity contribution in [2.75, 3.05) is 19.7 Å². The maximum Gasteiger partial charge on any atom is 0.137 e. The van der Waals surface area contributed by atoms with Crippen LogP contribution in [0.15, 0.2) is 28.7 Å². The van der Waals surface area contributed by atoms with Crippen LogP contribution in [0.5, 0.6) is 5.75 Å². The fraction of sp³-hybridized carbons (Fsp3) is 0.600. The number of aliphatic hydroxyl groups is 1. The molecule has 1 aromatic rings. The fourth-order valence-electron chi connectivity index (χ4n) is 2.64. The van der Waals surface area contributed by atoms with Crippen molar-refractivity contribution in [3.8, 4) is 5.75 Å². The predicted octanol–water partition coefficient (Wildman–Crippen LogP) is 1.65. The molecule has 1 aliphatic heterocycles. The van der Waals surface area contributed by atoms with Crippen molar-refractivity contribution in [2.45, 2.75) is 38.3 Å². The Labute approximate surface area is 123 Å². The van der Waals surface area contributed by atoms with Crippen LogP contribution in [0.1, 0.15) is 26.2 Å². The molecule has 106 valence electrons. The number of nitrogens with one attached hydrogen (secondary N) is 1. The van der Waals surface area contributed by atoms with E-state index in [-0.39, 0.29) is 6.10 Å². The highest BCUT2D eigenvalue weighted by Gasteiger charge is 2.24. The van der Waals surface area contributed by atoms with Gasteiger partial charge in [-0.05, 0) is 50.5 Å². The van der Waals surface area contributed by atoms with Crippen LogP contribution in [0.4, 0.5) is 0 Å². The number of hydrogen-bond donors (Lipinski definition) is 2. The molecule has 0 aliphatic carbocycles. The summed E-state index contributed by atoms with van der Waals surface area (Å²) < 4.78 is 6.65. The lowest BCUT2D eigenvalue weighted by molar-refractivity contribution is -0.931. The van der Waals surface area contributed by atoms with Crippen LogP contribution in [0.25, 0.3) is 0 Å². The van der Waals surface area contributed by atoms with E-state index in [0.717, 1.165) is 16.8 Å². The summed E-state index contributed by atoms with van der Waals surface area (Å²) in [7, 11) is 0. The van der Waals surface area contributed by atoms with Gasteiger partial charge in [0.15, 0.2) is 0 Å². The summed E-state index contributed by atoms with van der Waals surface area (Å²) in [6.45, 7) is 4.61. The second kappa shape index (κ2) is 7.27. The number of likely N-dealkylation sites (tertiary alicyclic amines) is 1. The molecule has 0 amide bonds. The van der Waals surface area contributed by atoms with E-state index in [1.165, 1.54) is 30.7 Å². The molecule has 3 nitrogen and oxygen atoms in total. The first kappa shape index (κ1) is 14.8. The molecule has 3 atom stereocenters. The molecule has 0 radical (unpaired) electrons. The van der Waals surface area contributed by atoms with Crippen LogP contribution in [0.3, 0.4) is 0 Å². The van der Waals surface area contributed by atoms with Crippen molar-refractivity contribution >= 4 is 15.9 Å². The van der Waals surface area contributed by atoms with Crippen LogP contribution < -0.4 is 9.64 Å². The van der Waals surface area contributed by atoms with Crippen molar-refractivity contribution in [1.29, 1.82) is 0 Å². The quantitative estimate of drug-likeness (QED) is 0.861. The van der Waals surface area contributed by atoms with Gasteiger partial charge in [-0.25, -0.2) is 0 Å². The third-order valence-corrected chi connectivity index (χ3v) is 4.36. The highest BCUT2D eigenvalue weighted by Crippen LogP contribution is 2.16. The molecule has 0 saturated carbocycles. The second-order valence-corrected chi connectivity index (χ2v) is 6.34. The summed E-state index contributed by atoms with van der Waals surface area (Å²) in [6, 6.07) is 8.37. The van der Waals surface area contributed by atoms with Gasteiger partial charge < -0.3 is 14.7 Å². The third kappa shape index (κ3) is 4.79. The van der Waals surface area contributed by atoms with Gasteiger partial charge in [0.1, 0.15) is 25.0 Å². The molecule has 1 aromatic carbocycles. The highest BCUT2D eigenvalue weighted by atomic mass is 79.9. The number of ether oxygens (including phenoxy) is 1. The molecule has 19 heavy (non-hydrogen) atoms. The van der Waals surface area contributed by atoms with Crippen LogP contribution in [0.2, 0.25) is 0 Å². The van der Waals surface area contributed by atoms with Crippen LogP contribution >= 0.6 is 15.9 Å². The Morgan fingerprint density at radius 1 is 1.37 bits per heavy atom. The van der Waals surface area contributed by atoms with Gasteiger partial charge in [-0.15, -0.1) is 0 Å². The van der Waals surface area contributed by atoms with Gasteiger partial charge in [0.05, 0.1) is 12.6 Å². The lowest BCUT2D eigenvalue weighted by atomic mass is 10.0. The summed E-state index contributed by atoms with van der Waals surface area (Å²) in [5.41, 5.74) is 0. The number of quaternary nitrogens is 1. The van der Waals surface area contributed by atoms with Crippen molar-refractivity contribution in [2.24, 2.45) is 0 Å². The lowest BCUT2D eigenvalue weighted by Gasteiger charge is -2.31. The van der Waals surface area contributed by atoms with E-state index in [1.54, 1.807) is 0 Å². The van der Waals surface area contributed by atoms with Gasteiger partial charge in [0.25, 0.3) is 0 Å². The van der Waals surface area contributed by atoms with Crippen LogP contribution in [-0.2, 0) is 0 Å². The monoisotopic (exact) mass is 328 g/mol. The standard InChI is InChI=1S/C15H22BrNO2/c1-12-4-2-3-9-17(12)10-14(18)11-19-15-7-5-13(16)6-8-15/h5-8,12,14,18H,2-4,9-11H2,1H3/p+1/t12-,14+/m1/s1. The Morgan fingerprint density at radius 2 is 2.11 bits per heavy atom. The number of rotatable bonds is 5. The zero-order chi connectivity index (χ0) is 13.7. The summed E-state index contributed by atoms with van der Waals surface area (Å²) in [5.74, 6) is 0.809. The van der Waals surface area contributed by atoms with Crippen LogP contribution in [0, 0.1) is 0 Å². The number of halogens is 1. The van der Waals surface area contributed by atoms with Gasteiger partial charge in [-0.1, -0.05) is 15.9 Å². The average molecular weight is 329 g/mol. The minimum atomic E-state index is -0.390. The molecule has 1 fully saturated rings. The minimum absolute atomic E-state index is 0.373. The van der Waals surface area contributed by atoms with E-state index in [1.807, 2.05) is 24.3 Å². The van der Waals surface area contributed by atoms with Crippen molar-refractivity contribution in [3.05, 3.63) is 28.7 Å². The smallest absolute Gasteiger partial charge is 0.137 e. The molecule has 4 heteroatoms. The highest BCUT2D eigenvalue weighted by molar-refractivity contribution is 9.10. The zero-order valence-corrected chi connectivity index (χ0v) is 13.0. The number of hydrogen-bond acceptors (Lipinski definition) is 2. The summed E-state index contributed by atoms with van der Waals surface area (Å²) in [6.07, 6.45) is 3.49.